The highest BCUT2D eigenvalue weighted by Gasteiger charge is 2.28. The zero-order chi connectivity index (χ0) is 22.8. The lowest BCUT2D eigenvalue weighted by molar-refractivity contribution is -0.132. The van der Waals surface area contributed by atoms with E-state index >= 15 is 0 Å². The Morgan fingerprint density at radius 2 is 1.53 bits per heavy atom. The Morgan fingerprint density at radius 1 is 0.906 bits per heavy atom. The molecule has 3 N–H and O–H groups in total. The number of aromatic amines is 1. The monoisotopic (exact) mass is 431 g/mol. The maximum absolute atomic E-state index is 12.5. The average molecular weight is 431 g/mol. The third-order valence-corrected chi connectivity index (χ3v) is 5.60. The van der Waals surface area contributed by atoms with E-state index in [2.05, 4.69) is 9.88 Å². The van der Waals surface area contributed by atoms with Crippen molar-refractivity contribution in [3.63, 3.8) is 0 Å². The van der Waals surface area contributed by atoms with Gasteiger partial charge in [-0.3, -0.25) is 0 Å². The summed E-state index contributed by atoms with van der Waals surface area (Å²) in [6.45, 7) is 1.58. The molecule has 0 aliphatic heterocycles. The van der Waals surface area contributed by atoms with E-state index < -0.39 is 11.9 Å². The molecule has 0 amide bonds. The van der Waals surface area contributed by atoms with Crippen molar-refractivity contribution in [2.75, 3.05) is 20.6 Å². The number of rotatable bonds is 8. The van der Waals surface area contributed by atoms with Gasteiger partial charge in [-0.15, -0.1) is 0 Å². The quantitative estimate of drug-likeness (QED) is 0.364. The van der Waals surface area contributed by atoms with Crippen LogP contribution in [0.25, 0.3) is 33.0 Å². The summed E-state index contributed by atoms with van der Waals surface area (Å²) in [6, 6.07) is 14.8. The molecule has 164 valence electrons. The van der Waals surface area contributed by atoms with Gasteiger partial charge in [-0.2, -0.15) is 0 Å². The molecule has 0 bridgehead atoms. The molecule has 7 heteroatoms. The molecule has 0 atom stereocenters. The third kappa shape index (κ3) is 3.90. The Hall–Kier alpha value is -3.84. The number of H-pyrrole nitrogens is 1. The number of carboxylic acid groups (broad SMARTS) is 2. The minimum Gasteiger partial charge on any atom is -0.478 e. The molecule has 0 fully saturated rings. The zero-order valence-corrected chi connectivity index (χ0v) is 18.0. The van der Waals surface area contributed by atoms with Crippen molar-refractivity contribution in [1.82, 2.24) is 14.5 Å². The highest BCUT2D eigenvalue weighted by Crippen LogP contribution is 2.36. The van der Waals surface area contributed by atoms with E-state index in [1.54, 1.807) is 24.5 Å². The summed E-state index contributed by atoms with van der Waals surface area (Å²) >= 11 is 0. The highest BCUT2D eigenvalue weighted by molar-refractivity contribution is 6.39. The molecule has 0 spiro atoms. The van der Waals surface area contributed by atoms with Crippen molar-refractivity contribution in [3.8, 4) is 0 Å². The van der Waals surface area contributed by atoms with Crippen molar-refractivity contribution in [1.29, 1.82) is 0 Å². The minimum absolute atomic E-state index is 0.218. The number of hydrogen-bond acceptors (Lipinski definition) is 3. The number of para-hydroxylation sites is 2. The zero-order valence-electron chi connectivity index (χ0n) is 18.0. The van der Waals surface area contributed by atoms with Gasteiger partial charge in [0.05, 0.1) is 11.1 Å². The second kappa shape index (κ2) is 8.72. The summed E-state index contributed by atoms with van der Waals surface area (Å²) in [5.41, 5.74) is 1.94. The van der Waals surface area contributed by atoms with Crippen LogP contribution in [0.15, 0.2) is 60.9 Å². The number of aliphatic carboxylic acids is 2. The van der Waals surface area contributed by atoms with Crippen LogP contribution in [0.2, 0.25) is 0 Å². The fraction of sp³-hybridized carbons (Fsp3) is 0.200. The van der Waals surface area contributed by atoms with Crippen LogP contribution in [0.1, 0.15) is 17.5 Å². The fourth-order valence-corrected chi connectivity index (χ4v) is 4.18. The van der Waals surface area contributed by atoms with Gasteiger partial charge in [-0.05, 0) is 39.2 Å². The van der Waals surface area contributed by atoms with Crippen molar-refractivity contribution >= 4 is 44.9 Å². The van der Waals surface area contributed by atoms with Gasteiger partial charge in [0.15, 0.2) is 0 Å². The van der Waals surface area contributed by atoms with Gasteiger partial charge in [0.25, 0.3) is 0 Å². The molecular formula is C25H25N3O4. The van der Waals surface area contributed by atoms with Gasteiger partial charge in [0, 0.05) is 51.9 Å². The van der Waals surface area contributed by atoms with Gasteiger partial charge in [0.2, 0.25) is 0 Å². The first-order chi connectivity index (χ1) is 15.4. The lowest BCUT2D eigenvalue weighted by atomic mass is 9.94. The Morgan fingerprint density at radius 3 is 2.22 bits per heavy atom. The van der Waals surface area contributed by atoms with Crippen LogP contribution in [0, 0.1) is 0 Å². The Balaban J connectivity index is 1.96. The van der Waals surface area contributed by atoms with Gasteiger partial charge >= 0.3 is 11.9 Å². The number of hydrogen-bond donors (Lipinski definition) is 3. The SMILES string of the molecule is CN(C)CCCn1cc(/C(C(=O)O)=C(/C(=O)O)c2c[nH]c3ccccc23)c2ccccc21. The number of nitrogens with zero attached hydrogens (tertiary/aromatic N) is 2. The predicted molar refractivity (Wildman–Crippen MR) is 125 cm³/mol. The van der Waals surface area contributed by atoms with Gasteiger partial charge < -0.3 is 24.7 Å². The number of carboxylic acids is 2. The molecule has 32 heavy (non-hydrogen) atoms. The number of carbonyl (C=O) groups is 2. The fourth-order valence-electron chi connectivity index (χ4n) is 4.18. The number of nitrogens with one attached hydrogen (secondary N) is 1. The van der Waals surface area contributed by atoms with Crippen LogP contribution in [0.3, 0.4) is 0 Å². The molecule has 0 radical (unpaired) electrons. The summed E-state index contributed by atoms with van der Waals surface area (Å²) in [4.78, 5) is 30.0. The van der Waals surface area contributed by atoms with Crippen LogP contribution in [0.4, 0.5) is 0 Å². The summed E-state index contributed by atoms with van der Waals surface area (Å²) in [6.07, 6.45) is 4.21. The third-order valence-electron chi connectivity index (χ3n) is 5.60. The molecule has 2 heterocycles. The van der Waals surface area contributed by atoms with Gasteiger partial charge in [0.1, 0.15) is 0 Å². The van der Waals surface area contributed by atoms with Crippen LogP contribution in [-0.2, 0) is 16.1 Å². The molecule has 0 saturated heterocycles. The predicted octanol–water partition coefficient (Wildman–Crippen LogP) is 4.15. The van der Waals surface area contributed by atoms with Crippen molar-refractivity contribution in [2.45, 2.75) is 13.0 Å². The van der Waals surface area contributed by atoms with E-state index in [0.717, 1.165) is 24.0 Å². The standard InChI is InChI=1S/C25H25N3O4/c1-27(2)12-7-13-28-15-19(17-9-4-6-11-21(17)28)23(25(31)32)22(24(29)30)18-14-26-20-10-5-3-8-16(18)20/h3-6,8-11,14-15,26H,7,12-13H2,1-2H3,(H,29,30)(H,31,32)/b23-22-. The Bertz CT molecular complexity index is 1340. The van der Waals surface area contributed by atoms with E-state index in [-0.39, 0.29) is 11.1 Å². The average Bonchev–Trinajstić information content (AvgIpc) is 3.33. The summed E-state index contributed by atoms with van der Waals surface area (Å²) in [7, 11) is 4.01. The molecule has 0 aliphatic carbocycles. The summed E-state index contributed by atoms with van der Waals surface area (Å²) in [5.74, 6) is -2.56. The van der Waals surface area contributed by atoms with Gasteiger partial charge in [-0.25, -0.2) is 9.59 Å². The summed E-state index contributed by atoms with van der Waals surface area (Å²) < 4.78 is 2.01. The van der Waals surface area contributed by atoms with E-state index in [0.29, 0.717) is 28.4 Å². The molecule has 4 aromatic rings. The molecule has 0 saturated carbocycles. The second-order valence-electron chi connectivity index (χ2n) is 8.02. The van der Waals surface area contributed by atoms with E-state index in [1.165, 1.54) is 0 Å². The number of benzene rings is 2. The number of fused-ring (bicyclic) bond motifs is 2. The normalized spacial score (nSPS) is 12.5. The van der Waals surface area contributed by atoms with E-state index in [9.17, 15) is 19.8 Å². The number of aromatic nitrogens is 2. The minimum atomic E-state index is -1.28. The molecule has 0 unspecified atom stereocenters. The van der Waals surface area contributed by atoms with Crippen molar-refractivity contribution in [3.05, 3.63) is 72.1 Å². The topological polar surface area (TPSA) is 98.6 Å². The van der Waals surface area contributed by atoms with Crippen LogP contribution < -0.4 is 0 Å². The smallest absolute Gasteiger partial charge is 0.337 e. The van der Waals surface area contributed by atoms with E-state index in [1.807, 2.05) is 55.1 Å². The maximum atomic E-state index is 12.5. The second-order valence-corrected chi connectivity index (χ2v) is 8.02. The molecule has 2 aromatic heterocycles. The van der Waals surface area contributed by atoms with Crippen molar-refractivity contribution in [2.24, 2.45) is 0 Å². The van der Waals surface area contributed by atoms with E-state index in [4.69, 9.17) is 0 Å². The lowest BCUT2D eigenvalue weighted by Crippen LogP contribution is -2.14. The summed E-state index contributed by atoms with van der Waals surface area (Å²) in [5, 5.41) is 21.7. The largest absolute Gasteiger partial charge is 0.478 e. The lowest BCUT2D eigenvalue weighted by Gasteiger charge is -2.10. The molecule has 4 rings (SSSR count). The first kappa shape index (κ1) is 21.4. The molecule has 0 aliphatic rings. The van der Waals surface area contributed by atoms with Crippen LogP contribution >= 0.6 is 0 Å². The number of aryl methyl sites for hydroxylation is 1. The molecule has 2 aromatic carbocycles. The Labute approximate surface area is 185 Å². The first-order valence-corrected chi connectivity index (χ1v) is 10.4. The first-order valence-electron chi connectivity index (χ1n) is 10.4. The van der Waals surface area contributed by atoms with Crippen LogP contribution in [-0.4, -0.2) is 57.2 Å². The molecule has 7 nitrogen and oxygen atoms in total. The maximum Gasteiger partial charge on any atom is 0.337 e. The molecular weight excluding hydrogens is 406 g/mol. The van der Waals surface area contributed by atoms with Crippen molar-refractivity contribution < 1.29 is 19.8 Å². The Kier molecular flexibility index (Phi) is 5.83. The van der Waals surface area contributed by atoms with Crippen LogP contribution in [0.5, 0.6) is 0 Å². The van der Waals surface area contributed by atoms with Gasteiger partial charge in [-0.1, -0.05) is 36.4 Å². The highest BCUT2D eigenvalue weighted by atomic mass is 16.4.